The van der Waals surface area contributed by atoms with E-state index in [0.29, 0.717) is 18.2 Å². The third-order valence-corrected chi connectivity index (χ3v) is 6.44. The molecule has 1 fully saturated rings. The molecule has 0 amide bonds. The van der Waals surface area contributed by atoms with Crippen LogP contribution in [0.2, 0.25) is 6.32 Å². The SMILES string of the molecule is NC(CCCCB(O)O)C1CC(CCc2cccc(-c3ccc(C(F)(F)F)cc3)c2)C1. The Morgan fingerprint density at radius 1 is 1.00 bits per heavy atom. The van der Waals surface area contributed by atoms with Crippen LogP contribution in [0, 0.1) is 11.8 Å². The normalized spacial score (nSPS) is 19.7. The number of hydrogen-bond donors (Lipinski definition) is 3. The zero-order chi connectivity index (χ0) is 22.4. The molecule has 0 radical (unpaired) electrons. The van der Waals surface area contributed by atoms with Gasteiger partial charge in [0.1, 0.15) is 0 Å². The van der Waals surface area contributed by atoms with Gasteiger partial charge in [0.15, 0.2) is 0 Å². The van der Waals surface area contributed by atoms with Crippen LogP contribution in [0.5, 0.6) is 0 Å². The lowest BCUT2D eigenvalue weighted by molar-refractivity contribution is -0.137. The Bertz CT molecular complexity index is 820. The van der Waals surface area contributed by atoms with Gasteiger partial charge in [0.2, 0.25) is 0 Å². The molecule has 0 heterocycles. The van der Waals surface area contributed by atoms with Crippen molar-refractivity contribution in [1.29, 1.82) is 0 Å². The third kappa shape index (κ3) is 7.09. The van der Waals surface area contributed by atoms with Crippen LogP contribution in [0.3, 0.4) is 0 Å². The van der Waals surface area contributed by atoms with Crippen molar-refractivity contribution in [2.45, 2.75) is 63.5 Å². The molecule has 1 atom stereocenters. The Balaban J connectivity index is 1.43. The van der Waals surface area contributed by atoms with Gasteiger partial charge < -0.3 is 15.8 Å². The van der Waals surface area contributed by atoms with Gasteiger partial charge in [-0.15, -0.1) is 0 Å². The van der Waals surface area contributed by atoms with E-state index >= 15 is 0 Å². The first kappa shape index (κ1) is 23.8. The summed E-state index contributed by atoms with van der Waals surface area (Å²) in [4.78, 5) is 0. The molecule has 4 N–H and O–H groups in total. The molecule has 0 aromatic heterocycles. The second-order valence-electron chi connectivity index (χ2n) is 8.84. The van der Waals surface area contributed by atoms with Crippen molar-refractivity contribution in [2.24, 2.45) is 17.6 Å². The summed E-state index contributed by atoms with van der Waals surface area (Å²) >= 11 is 0. The predicted octanol–water partition coefficient (Wildman–Crippen LogP) is 5.30. The molecule has 1 aliphatic carbocycles. The second-order valence-corrected chi connectivity index (χ2v) is 8.84. The zero-order valence-electron chi connectivity index (χ0n) is 17.7. The van der Waals surface area contributed by atoms with Crippen LogP contribution >= 0.6 is 0 Å². The highest BCUT2D eigenvalue weighted by Gasteiger charge is 2.32. The maximum Gasteiger partial charge on any atom is 0.451 e. The summed E-state index contributed by atoms with van der Waals surface area (Å²) in [5.74, 6) is 1.23. The molecular weight excluding hydrogens is 402 g/mol. The summed E-state index contributed by atoms with van der Waals surface area (Å²) in [5.41, 5.74) is 8.59. The fraction of sp³-hybridized carbons (Fsp3) is 0.500. The monoisotopic (exact) mass is 433 g/mol. The van der Waals surface area contributed by atoms with Crippen molar-refractivity contribution < 1.29 is 23.2 Å². The van der Waals surface area contributed by atoms with E-state index in [2.05, 4.69) is 12.1 Å². The summed E-state index contributed by atoms with van der Waals surface area (Å²) in [5, 5.41) is 17.8. The van der Waals surface area contributed by atoms with E-state index in [0.717, 1.165) is 68.2 Å². The van der Waals surface area contributed by atoms with Crippen molar-refractivity contribution >= 4 is 7.12 Å². The minimum absolute atomic E-state index is 0.190. The van der Waals surface area contributed by atoms with Crippen LogP contribution in [-0.2, 0) is 12.6 Å². The number of nitrogens with two attached hydrogens (primary N) is 1. The van der Waals surface area contributed by atoms with Crippen molar-refractivity contribution in [3.8, 4) is 11.1 Å². The highest BCUT2D eigenvalue weighted by atomic mass is 19.4. The molecule has 3 rings (SSSR count). The topological polar surface area (TPSA) is 66.5 Å². The predicted molar refractivity (Wildman–Crippen MR) is 118 cm³/mol. The fourth-order valence-electron chi connectivity index (χ4n) is 4.44. The Hall–Kier alpha value is -1.83. The van der Waals surface area contributed by atoms with Crippen LogP contribution in [-0.4, -0.2) is 23.2 Å². The first-order valence-electron chi connectivity index (χ1n) is 11.1. The van der Waals surface area contributed by atoms with Gasteiger partial charge in [0.25, 0.3) is 0 Å². The minimum Gasteiger partial charge on any atom is -0.427 e. The number of alkyl halides is 3. The van der Waals surface area contributed by atoms with E-state index < -0.39 is 18.9 Å². The van der Waals surface area contributed by atoms with Crippen molar-refractivity contribution in [3.63, 3.8) is 0 Å². The highest BCUT2D eigenvalue weighted by Crippen LogP contribution is 2.39. The van der Waals surface area contributed by atoms with Gasteiger partial charge in [-0.05, 0) is 79.1 Å². The lowest BCUT2D eigenvalue weighted by atomic mass is 9.68. The van der Waals surface area contributed by atoms with Gasteiger partial charge in [-0.1, -0.05) is 49.2 Å². The Kier molecular flexibility index (Phi) is 8.20. The third-order valence-electron chi connectivity index (χ3n) is 6.44. The maximum atomic E-state index is 12.8. The number of hydrogen-bond acceptors (Lipinski definition) is 3. The summed E-state index contributed by atoms with van der Waals surface area (Å²) in [6, 6.07) is 13.5. The van der Waals surface area contributed by atoms with E-state index in [-0.39, 0.29) is 6.04 Å². The van der Waals surface area contributed by atoms with Gasteiger partial charge in [-0.3, -0.25) is 0 Å². The molecule has 0 saturated heterocycles. The van der Waals surface area contributed by atoms with E-state index in [1.807, 2.05) is 12.1 Å². The summed E-state index contributed by atoms with van der Waals surface area (Å²) in [7, 11) is -1.22. The molecule has 1 saturated carbocycles. The average molecular weight is 433 g/mol. The first-order valence-corrected chi connectivity index (χ1v) is 11.1. The largest absolute Gasteiger partial charge is 0.451 e. The van der Waals surface area contributed by atoms with Crippen molar-refractivity contribution in [1.82, 2.24) is 0 Å². The van der Waals surface area contributed by atoms with Crippen molar-refractivity contribution in [2.75, 3.05) is 0 Å². The molecule has 1 aliphatic rings. The van der Waals surface area contributed by atoms with E-state index in [4.69, 9.17) is 15.8 Å². The van der Waals surface area contributed by atoms with E-state index in [1.54, 1.807) is 0 Å². The van der Waals surface area contributed by atoms with Crippen LogP contribution < -0.4 is 5.73 Å². The second kappa shape index (κ2) is 10.7. The smallest absolute Gasteiger partial charge is 0.427 e. The lowest BCUT2D eigenvalue weighted by Crippen LogP contribution is -2.39. The van der Waals surface area contributed by atoms with Crippen LogP contribution in [0.4, 0.5) is 13.2 Å². The number of halogens is 3. The molecule has 168 valence electrons. The molecule has 0 spiro atoms. The quantitative estimate of drug-likeness (QED) is 0.352. The minimum atomic E-state index is -4.31. The summed E-state index contributed by atoms with van der Waals surface area (Å²) < 4.78 is 38.3. The highest BCUT2D eigenvalue weighted by molar-refractivity contribution is 6.40. The van der Waals surface area contributed by atoms with Crippen LogP contribution in [0.15, 0.2) is 48.5 Å². The van der Waals surface area contributed by atoms with Crippen molar-refractivity contribution in [3.05, 3.63) is 59.7 Å². The molecule has 3 nitrogen and oxygen atoms in total. The first-order chi connectivity index (χ1) is 14.7. The number of rotatable bonds is 10. The number of benzene rings is 2. The van der Waals surface area contributed by atoms with Crippen LogP contribution in [0.25, 0.3) is 11.1 Å². The lowest BCUT2D eigenvalue weighted by Gasteiger charge is -2.39. The zero-order valence-corrected chi connectivity index (χ0v) is 17.7. The number of unbranched alkanes of at least 4 members (excludes halogenated alkanes) is 1. The molecule has 31 heavy (non-hydrogen) atoms. The maximum absolute atomic E-state index is 12.8. The molecule has 1 unspecified atom stereocenters. The molecule has 2 aromatic rings. The fourth-order valence-corrected chi connectivity index (χ4v) is 4.44. The van der Waals surface area contributed by atoms with Gasteiger partial charge >= 0.3 is 13.3 Å². The Labute approximate surface area is 182 Å². The number of aryl methyl sites for hydroxylation is 1. The summed E-state index contributed by atoms with van der Waals surface area (Å²) in [6.07, 6.45) is 3.07. The average Bonchev–Trinajstić information content (AvgIpc) is 2.69. The Morgan fingerprint density at radius 3 is 2.35 bits per heavy atom. The molecule has 7 heteroatoms. The Morgan fingerprint density at radius 2 is 1.71 bits per heavy atom. The molecule has 0 bridgehead atoms. The molecular formula is C24H31BF3NO2. The van der Waals surface area contributed by atoms with Gasteiger partial charge in [-0.2, -0.15) is 13.2 Å². The standard InChI is InChI=1S/C24H31BF3NO2/c26-24(27,28)22-11-9-19(10-12-22)20-5-3-4-17(14-20)7-8-18-15-21(16-18)23(29)6-1-2-13-25(30)31/h3-5,9-12,14,18,21,23,30-31H,1-2,6-8,13,15-16,29H2. The van der Waals surface area contributed by atoms with Gasteiger partial charge in [0.05, 0.1) is 5.56 Å². The van der Waals surface area contributed by atoms with E-state index in [9.17, 15) is 13.2 Å². The molecule has 0 aliphatic heterocycles. The molecule has 2 aromatic carbocycles. The summed E-state index contributed by atoms with van der Waals surface area (Å²) in [6.45, 7) is 0. The van der Waals surface area contributed by atoms with E-state index in [1.165, 1.54) is 17.7 Å². The van der Waals surface area contributed by atoms with Crippen LogP contribution in [0.1, 0.15) is 49.7 Å². The van der Waals surface area contributed by atoms with Gasteiger partial charge in [0, 0.05) is 6.04 Å². The van der Waals surface area contributed by atoms with Gasteiger partial charge in [-0.25, -0.2) is 0 Å².